The molecule has 0 bridgehead atoms. The third kappa shape index (κ3) is 6.36. The van der Waals surface area contributed by atoms with Gasteiger partial charge in [0.05, 0.1) is 6.04 Å². The lowest BCUT2D eigenvalue weighted by Gasteiger charge is -2.23. The molecule has 0 radical (unpaired) electrons. The van der Waals surface area contributed by atoms with Crippen LogP contribution in [0.4, 0.5) is 0 Å². The van der Waals surface area contributed by atoms with Crippen molar-refractivity contribution in [2.24, 2.45) is 0 Å². The number of nitrogens with one attached hydrogen (secondary N) is 2. The summed E-state index contributed by atoms with van der Waals surface area (Å²) < 4.78 is 6.66. The van der Waals surface area contributed by atoms with Gasteiger partial charge in [-0.1, -0.05) is 46.6 Å². The summed E-state index contributed by atoms with van der Waals surface area (Å²) in [4.78, 5) is 12.1. The zero-order valence-corrected chi connectivity index (χ0v) is 17.3. The van der Waals surface area contributed by atoms with Gasteiger partial charge in [-0.15, -0.1) is 0 Å². The van der Waals surface area contributed by atoms with Crippen LogP contribution in [0, 0.1) is 0 Å². The fourth-order valence-electron chi connectivity index (χ4n) is 3.37. The number of benzene rings is 2. The minimum atomic E-state index is -0.124. The highest BCUT2D eigenvalue weighted by Gasteiger charge is 2.13. The molecule has 27 heavy (non-hydrogen) atoms. The second kappa shape index (κ2) is 9.90. The topological polar surface area (TPSA) is 50.4 Å². The highest BCUT2D eigenvalue weighted by atomic mass is 79.9. The average Bonchev–Trinajstić information content (AvgIpc) is 2.69. The maximum Gasteiger partial charge on any atom is 0.258 e. The number of ether oxygens (including phenoxy) is 1. The van der Waals surface area contributed by atoms with Gasteiger partial charge in [0.1, 0.15) is 5.75 Å². The largest absolute Gasteiger partial charge is 0.484 e. The van der Waals surface area contributed by atoms with Crippen molar-refractivity contribution in [1.29, 1.82) is 0 Å². The van der Waals surface area contributed by atoms with E-state index in [2.05, 4.69) is 38.7 Å². The fourth-order valence-corrected chi connectivity index (χ4v) is 3.64. The molecule has 2 atom stereocenters. The van der Waals surface area contributed by atoms with E-state index in [-0.39, 0.29) is 18.6 Å². The van der Waals surface area contributed by atoms with Crippen molar-refractivity contribution in [1.82, 2.24) is 10.6 Å². The van der Waals surface area contributed by atoms with E-state index in [1.54, 1.807) is 0 Å². The quantitative estimate of drug-likeness (QED) is 0.684. The Morgan fingerprint density at radius 1 is 1.19 bits per heavy atom. The molecule has 1 fully saturated rings. The summed E-state index contributed by atoms with van der Waals surface area (Å²) in [5.74, 6) is 0.600. The van der Waals surface area contributed by atoms with Gasteiger partial charge in [-0.25, -0.2) is 0 Å². The van der Waals surface area contributed by atoms with Gasteiger partial charge in [0.15, 0.2) is 6.61 Å². The number of piperidine rings is 1. The summed E-state index contributed by atoms with van der Waals surface area (Å²) in [5, 5.41) is 6.53. The summed E-state index contributed by atoms with van der Waals surface area (Å²) in [7, 11) is 0. The number of halogens is 1. The van der Waals surface area contributed by atoms with E-state index in [0.29, 0.717) is 6.04 Å². The molecular weight excluding hydrogens is 404 g/mol. The van der Waals surface area contributed by atoms with Crippen LogP contribution in [0.15, 0.2) is 53.0 Å². The zero-order valence-electron chi connectivity index (χ0n) is 15.7. The van der Waals surface area contributed by atoms with E-state index in [0.717, 1.165) is 28.8 Å². The Bertz CT molecular complexity index is 725. The van der Waals surface area contributed by atoms with Gasteiger partial charge in [-0.05, 0) is 68.1 Å². The van der Waals surface area contributed by atoms with Crippen LogP contribution in [0.3, 0.4) is 0 Å². The summed E-state index contributed by atoms with van der Waals surface area (Å²) >= 11 is 3.42. The van der Waals surface area contributed by atoms with E-state index in [4.69, 9.17) is 4.74 Å². The molecule has 4 nitrogen and oxygen atoms in total. The first kappa shape index (κ1) is 19.9. The summed E-state index contributed by atoms with van der Waals surface area (Å²) in [5.41, 5.74) is 2.36. The number of rotatable bonds is 7. The van der Waals surface area contributed by atoms with Gasteiger partial charge < -0.3 is 15.4 Å². The molecule has 1 amide bonds. The standard InChI is InChI=1S/C22H27BrN2O2/c1-16(18-7-9-19(23)10-8-18)25-22(26)15-27-21-11-5-17(6-12-21)14-20-4-2-3-13-24-20/h5-12,16,20,24H,2-4,13-15H2,1H3,(H,25,26). The Balaban J connectivity index is 1.43. The molecule has 0 aliphatic carbocycles. The van der Waals surface area contributed by atoms with Gasteiger partial charge in [0.25, 0.3) is 5.91 Å². The Kier molecular flexibility index (Phi) is 7.30. The van der Waals surface area contributed by atoms with Crippen LogP contribution in [0.1, 0.15) is 43.4 Å². The van der Waals surface area contributed by atoms with Crippen LogP contribution in [0.2, 0.25) is 0 Å². The number of hydrogen-bond acceptors (Lipinski definition) is 3. The van der Waals surface area contributed by atoms with E-state index >= 15 is 0 Å². The summed E-state index contributed by atoms with van der Waals surface area (Å²) in [6.45, 7) is 3.11. The van der Waals surface area contributed by atoms with Crippen molar-refractivity contribution < 1.29 is 9.53 Å². The van der Waals surface area contributed by atoms with Crippen molar-refractivity contribution in [2.45, 2.75) is 44.7 Å². The molecule has 2 N–H and O–H groups in total. The van der Waals surface area contributed by atoms with E-state index in [1.807, 2.05) is 43.3 Å². The fraction of sp³-hybridized carbons (Fsp3) is 0.409. The molecule has 0 spiro atoms. The van der Waals surface area contributed by atoms with Gasteiger partial charge in [-0.3, -0.25) is 4.79 Å². The van der Waals surface area contributed by atoms with Crippen molar-refractivity contribution in [3.63, 3.8) is 0 Å². The number of amides is 1. The van der Waals surface area contributed by atoms with E-state index in [9.17, 15) is 4.79 Å². The van der Waals surface area contributed by atoms with E-state index < -0.39 is 0 Å². The van der Waals surface area contributed by atoms with Crippen molar-refractivity contribution in [3.8, 4) is 5.75 Å². The lowest BCUT2D eigenvalue weighted by atomic mass is 9.98. The molecule has 1 heterocycles. The predicted octanol–water partition coefficient (Wildman–Crippen LogP) is 4.39. The molecular formula is C22H27BrN2O2. The van der Waals surface area contributed by atoms with Crippen LogP contribution < -0.4 is 15.4 Å². The lowest BCUT2D eigenvalue weighted by molar-refractivity contribution is -0.123. The van der Waals surface area contributed by atoms with Crippen LogP contribution in [-0.4, -0.2) is 25.1 Å². The Morgan fingerprint density at radius 3 is 2.59 bits per heavy atom. The minimum absolute atomic E-state index is 0.0182. The van der Waals surface area contributed by atoms with Crippen molar-refractivity contribution in [2.75, 3.05) is 13.2 Å². The SMILES string of the molecule is CC(NC(=O)COc1ccc(CC2CCCCN2)cc1)c1ccc(Br)cc1. The molecule has 5 heteroatoms. The highest BCUT2D eigenvalue weighted by Crippen LogP contribution is 2.18. The molecule has 1 aliphatic rings. The maximum absolute atomic E-state index is 12.1. The molecule has 1 saturated heterocycles. The third-order valence-corrected chi connectivity index (χ3v) is 5.46. The van der Waals surface area contributed by atoms with Crippen LogP contribution in [0.25, 0.3) is 0 Å². The van der Waals surface area contributed by atoms with Crippen LogP contribution in [0.5, 0.6) is 5.75 Å². The zero-order chi connectivity index (χ0) is 19.1. The normalized spacial score (nSPS) is 17.9. The van der Waals surface area contributed by atoms with Gasteiger partial charge in [0, 0.05) is 10.5 Å². The first-order valence-corrected chi connectivity index (χ1v) is 10.4. The molecule has 3 rings (SSSR count). The van der Waals surface area contributed by atoms with Crippen molar-refractivity contribution >= 4 is 21.8 Å². The molecule has 1 aliphatic heterocycles. The Morgan fingerprint density at radius 2 is 1.93 bits per heavy atom. The molecule has 2 aromatic carbocycles. The molecule has 2 aromatic rings. The van der Waals surface area contributed by atoms with Gasteiger partial charge in [-0.2, -0.15) is 0 Å². The molecule has 2 unspecified atom stereocenters. The lowest BCUT2D eigenvalue weighted by Crippen LogP contribution is -2.35. The average molecular weight is 431 g/mol. The number of carbonyl (C=O) groups is 1. The highest BCUT2D eigenvalue weighted by molar-refractivity contribution is 9.10. The molecule has 144 valence electrons. The molecule has 0 aromatic heterocycles. The molecule has 0 saturated carbocycles. The summed E-state index contributed by atoms with van der Waals surface area (Å²) in [6, 6.07) is 16.5. The van der Waals surface area contributed by atoms with Crippen LogP contribution in [-0.2, 0) is 11.2 Å². The Labute approximate surface area is 169 Å². The Hall–Kier alpha value is -1.85. The van der Waals surface area contributed by atoms with Crippen LogP contribution >= 0.6 is 15.9 Å². The minimum Gasteiger partial charge on any atom is -0.484 e. The maximum atomic E-state index is 12.1. The first-order valence-electron chi connectivity index (χ1n) is 9.60. The number of carbonyl (C=O) groups excluding carboxylic acids is 1. The van der Waals surface area contributed by atoms with Crippen molar-refractivity contribution in [3.05, 3.63) is 64.1 Å². The van der Waals surface area contributed by atoms with E-state index in [1.165, 1.54) is 24.8 Å². The monoisotopic (exact) mass is 430 g/mol. The van der Waals surface area contributed by atoms with Gasteiger partial charge in [0.2, 0.25) is 0 Å². The second-order valence-corrected chi connectivity index (χ2v) is 8.04. The third-order valence-electron chi connectivity index (χ3n) is 4.94. The summed E-state index contributed by atoms with van der Waals surface area (Å²) in [6.07, 6.45) is 4.89. The predicted molar refractivity (Wildman–Crippen MR) is 112 cm³/mol. The first-order chi connectivity index (χ1) is 13.1. The number of hydrogen-bond donors (Lipinski definition) is 2. The van der Waals surface area contributed by atoms with Gasteiger partial charge >= 0.3 is 0 Å². The smallest absolute Gasteiger partial charge is 0.258 e. The second-order valence-electron chi connectivity index (χ2n) is 7.12.